The molecule has 1 aromatic carbocycles. The molecule has 1 aliphatic heterocycles. The summed E-state index contributed by atoms with van der Waals surface area (Å²) in [4.78, 5) is 40.3. The molecule has 0 unspecified atom stereocenters. The molecule has 0 bridgehead atoms. The topological polar surface area (TPSA) is 80.4 Å². The second kappa shape index (κ2) is 6.54. The van der Waals surface area contributed by atoms with Gasteiger partial charge in [-0.15, -0.1) is 5.10 Å². The molecule has 1 saturated heterocycles. The molecule has 1 amide bonds. The van der Waals surface area contributed by atoms with Gasteiger partial charge < -0.3 is 9.80 Å². The van der Waals surface area contributed by atoms with Gasteiger partial charge in [-0.3, -0.25) is 14.2 Å². The Morgan fingerprint density at radius 1 is 1.04 bits per heavy atom. The molecular formula is C17H21N5O3. The number of carbonyl (C=O) groups is 1. The zero-order valence-corrected chi connectivity index (χ0v) is 14.6. The lowest BCUT2D eigenvalue weighted by Crippen LogP contribution is -2.52. The molecule has 8 nitrogen and oxygen atoms in total. The number of nitrogens with zero attached hydrogens (tertiary/aromatic N) is 5. The minimum atomic E-state index is -0.456. The van der Waals surface area contributed by atoms with E-state index in [1.807, 2.05) is 36.1 Å². The van der Waals surface area contributed by atoms with Crippen LogP contribution in [0.4, 0.5) is 5.82 Å². The SMILES string of the molecule is Cc1ccccc1C(=O)N1CCN(c2nn(C)c(=O)n(C)c2=O)CC1. The fourth-order valence-corrected chi connectivity index (χ4v) is 2.98. The van der Waals surface area contributed by atoms with Crippen LogP contribution in [0.2, 0.25) is 0 Å². The third-order valence-corrected chi connectivity index (χ3v) is 4.55. The summed E-state index contributed by atoms with van der Waals surface area (Å²) in [5.41, 5.74) is 0.777. The van der Waals surface area contributed by atoms with Crippen LogP contribution in [-0.4, -0.2) is 51.3 Å². The summed E-state index contributed by atoms with van der Waals surface area (Å²) in [7, 11) is 2.96. The van der Waals surface area contributed by atoms with Crippen molar-refractivity contribution < 1.29 is 4.79 Å². The van der Waals surface area contributed by atoms with E-state index in [0.29, 0.717) is 31.7 Å². The Morgan fingerprint density at radius 2 is 1.68 bits per heavy atom. The van der Waals surface area contributed by atoms with Crippen LogP contribution in [0.5, 0.6) is 0 Å². The molecule has 8 heteroatoms. The number of hydrogen-bond acceptors (Lipinski definition) is 5. The smallest absolute Gasteiger partial charge is 0.346 e. The fourth-order valence-electron chi connectivity index (χ4n) is 2.98. The summed E-state index contributed by atoms with van der Waals surface area (Å²) in [6.07, 6.45) is 0. The first kappa shape index (κ1) is 16.9. The summed E-state index contributed by atoms with van der Waals surface area (Å²) in [6.45, 7) is 3.92. The second-order valence-electron chi connectivity index (χ2n) is 6.19. The highest BCUT2D eigenvalue weighted by Gasteiger charge is 2.25. The monoisotopic (exact) mass is 343 g/mol. The number of carbonyl (C=O) groups excluding carboxylic acids is 1. The molecule has 0 aliphatic carbocycles. The average molecular weight is 343 g/mol. The van der Waals surface area contributed by atoms with Crippen LogP contribution in [0.25, 0.3) is 0 Å². The van der Waals surface area contributed by atoms with E-state index in [4.69, 9.17) is 0 Å². The zero-order chi connectivity index (χ0) is 18.1. The van der Waals surface area contributed by atoms with Crippen LogP contribution in [0.1, 0.15) is 15.9 Å². The highest BCUT2D eigenvalue weighted by Crippen LogP contribution is 2.14. The van der Waals surface area contributed by atoms with Gasteiger partial charge in [0.2, 0.25) is 5.82 Å². The molecule has 1 aromatic heterocycles. The number of hydrogen-bond donors (Lipinski definition) is 0. The van der Waals surface area contributed by atoms with Gasteiger partial charge in [-0.1, -0.05) is 18.2 Å². The Labute approximate surface area is 144 Å². The maximum atomic E-state index is 12.7. The van der Waals surface area contributed by atoms with Gasteiger partial charge in [0, 0.05) is 45.8 Å². The molecule has 0 spiro atoms. The standard InChI is InChI=1S/C17H21N5O3/c1-12-6-4-5-7-13(12)15(23)22-10-8-21(9-11-22)14-16(24)19(2)17(25)20(3)18-14/h4-7H,8-11H2,1-3H3. The predicted octanol–water partition coefficient (Wildman–Crippen LogP) is -0.250. The van der Waals surface area contributed by atoms with E-state index in [1.54, 1.807) is 4.90 Å². The predicted molar refractivity (Wildman–Crippen MR) is 94.0 cm³/mol. The van der Waals surface area contributed by atoms with Gasteiger partial charge in [0.05, 0.1) is 0 Å². The third-order valence-electron chi connectivity index (χ3n) is 4.55. The molecular weight excluding hydrogens is 322 g/mol. The fraction of sp³-hybridized carbons (Fsp3) is 0.412. The Bertz CT molecular complexity index is 923. The van der Waals surface area contributed by atoms with Crippen molar-refractivity contribution in [3.8, 4) is 0 Å². The highest BCUT2D eigenvalue weighted by molar-refractivity contribution is 5.95. The Balaban J connectivity index is 1.77. The molecule has 0 saturated carbocycles. The minimum absolute atomic E-state index is 0.000858. The molecule has 2 heterocycles. The van der Waals surface area contributed by atoms with Gasteiger partial charge in [-0.2, -0.15) is 0 Å². The van der Waals surface area contributed by atoms with E-state index < -0.39 is 11.2 Å². The normalized spacial score (nSPS) is 14.7. The summed E-state index contributed by atoms with van der Waals surface area (Å²) in [6, 6.07) is 7.51. The molecule has 132 valence electrons. The van der Waals surface area contributed by atoms with Gasteiger partial charge in [-0.05, 0) is 18.6 Å². The van der Waals surface area contributed by atoms with Gasteiger partial charge in [0.25, 0.3) is 11.5 Å². The number of amides is 1. The molecule has 1 fully saturated rings. The first-order valence-electron chi connectivity index (χ1n) is 8.14. The Hall–Kier alpha value is -2.90. The lowest BCUT2D eigenvalue weighted by Gasteiger charge is -2.35. The maximum Gasteiger partial charge on any atom is 0.346 e. The lowest BCUT2D eigenvalue weighted by molar-refractivity contribution is 0.0745. The highest BCUT2D eigenvalue weighted by atomic mass is 16.2. The summed E-state index contributed by atoms with van der Waals surface area (Å²) in [5, 5.41) is 4.09. The molecule has 3 rings (SSSR count). The summed E-state index contributed by atoms with van der Waals surface area (Å²) >= 11 is 0. The molecule has 0 N–H and O–H groups in total. The van der Waals surface area contributed by atoms with Crippen LogP contribution in [-0.2, 0) is 14.1 Å². The summed E-state index contributed by atoms with van der Waals surface area (Å²) < 4.78 is 2.20. The largest absolute Gasteiger partial charge is 0.347 e. The number of aromatic nitrogens is 3. The molecule has 1 aliphatic rings. The van der Waals surface area contributed by atoms with Crippen molar-refractivity contribution in [2.75, 3.05) is 31.1 Å². The van der Waals surface area contributed by atoms with Crippen molar-refractivity contribution >= 4 is 11.7 Å². The average Bonchev–Trinajstić information content (AvgIpc) is 2.63. The van der Waals surface area contributed by atoms with Crippen LogP contribution in [0.15, 0.2) is 33.9 Å². The van der Waals surface area contributed by atoms with E-state index in [1.165, 1.54) is 14.1 Å². The molecule has 0 radical (unpaired) electrons. The van der Waals surface area contributed by atoms with E-state index >= 15 is 0 Å². The number of aryl methyl sites for hydroxylation is 2. The number of rotatable bonds is 2. The van der Waals surface area contributed by atoms with Crippen molar-refractivity contribution in [2.24, 2.45) is 14.1 Å². The lowest BCUT2D eigenvalue weighted by atomic mass is 10.1. The van der Waals surface area contributed by atoms with Crippen LogP contribution in [0.3, 0.4) is 0 Å². The second-order valence-corrected chi connectivity index (χ2v) is 6.19. The van der Waals surface area contributed by atoms with Crippen molar-refractivity contribution in [3.05, 3.63) is 56.2 Å². The van der Waals surface area contributed by atoms with E-state index in [-0.39, 0.29) is 11.7 Å². The van der Waals surface area contributed by atoms with Crippen LogP contribution >= 0.6 is 0 Å². The van der Waals surface area contributed by atoms with E-state index in [9.17, 15) is 14.4 Å². The summed E-state index contributed by atoms with van der Waals surface area (Å²) in [5.74, 6) is 0.242. The molecule has 2 aromatic rings. The van der Waals surface area contributed by atoms with Gasteiger partial charge in [0.1, 0.15) is 0 Å². The van der Waals surface area contributed by atoms with Crippen LogP contribution < -0.4 is 16.1 Å². The minimum Gasteiger partial charge on any atom is -0.347 e. The van der Waals surface area contributed by atoms with Crippen LogP contribution in [0, 0.1) is 6.92 Å². The first-order chi connectivity index (χ1) is 11.9. The van der Waals surface area contributed by atoms with Gasteiger partial charge >= 0.3 is 5.69 Å². The van der Waals surface area contributed by atoms with Gasteiger partial charge in [-0.25, -0.2) is 9.48 Å². The number of benzene rings is 1. The maximum absolute atomic E-state index is 12.7. The third kappa shape index (κ3) is 3.07. The number of anilines is 1. The Kier molecular flexibility index (Phi) is 4.43. The van der Waals surface area contributed by atoms with Crippen molar-refractivity contribution in [1.82, 2.24) is 19.2 Å². The first-order valence-corrected chi connectivity index (χ1v) is 8.14. The van der Waals surface area contributed by atoms with Crippen molar-refractivity contribution in [3.63, 3.8) is 0 Å². The number of piperazine rings is 1. The molecule has 25 heavy (non-hydrogen) atoms. The van der Waals surface area contributed by atoms with Crippen molar-refractivity contribution in [1.29, 1.82) is 0 Å². The van der Waals surface area contributed by atoms with Gasteiger partial charge in [0.15, 0.2) is 0 Å². The van der Waals surface area contributed by atoms with Crippen molar-refractivity contribution in [2.45, 2.75) is 6.92 Å². The quantitative estimate of drug-likeness (QED) is 0.751. The molecule has 0 atom stereocenters. The van der Waals surface area contributed by atoms with E-state index in [2.05, 4.69) is 5.10 Å². The Morgan fingerprint density at radius 3 is 2.32 bits per heavy atom. The zero-order valence-electron chi connectivity index (χ0n) is 14.6. The van der Waals surface area contributed by atoms with E-state index in [0.717, 1.165) is 14.8 Å².